The van der Waals surface area contributed by atoms with Crippen LogP contribution in [0.4, 0.5) is 5.69 Å². The van der Waals surface area contributed by atoms with Crippen molar-refractivity contribution < 1.29 is 14.3 Å². The molecule has 0 aliphatic heterocycles. The lowest BCUT2D eigenvalue weighted by Gasteiger charge is -2.33. The summed E-state index contributed by atoms with van der Waals surface area (Å²) in [4.78, 5) is 14.9. The molecule has 2 atom stereocenters. The summed E-state index contributed by atoms with van der Waals surface area (Å²) >= 11 is 0. The molecule has 5 nitrogen and oxygen atoms in total. The number of nitrogen functional groups attached to an aromatic ring is 1. The number of nitrogens with two attached hydrogens (primary N) is 1. The Morgan fingerprint density at radius 3 is 2.46 bits per heavy atom. The minimum absolute atomic E-state index is 0.230. The van der Waals surface area contributed by atoms with E-state index < -0.39 is 0 Å². The first kappa shape index (κ1) is 22.3. The van der Waals surface area contributed by atoms with Crippen LogP contribution in [-0.2, 0) is 4.74 Å². The molecule has 0 heterocycles. The van der Waals surface area contributed by atoms with Crippen LogP contribution in [-0.4, -0.2) is 43.2 Å². The molecule has 0 saturated carbocycles. The molecule has 0 saturated heterocycles. The van der Waals surface area contributed by atoms with E-state index in [1.807, 2.05) is 0 Å². The second-order valence-corrected chi connectivity index (χ2v) is 6.73. The molecular formula is C21H36N2O3. The van der Waals surface area contributed by atoms with E-state index in [0.29, 0.717) is 36.1 Å². The maximum Gasteiger partial charge on any atom is 0.338 e. The lowest BCUT2D eigenvalue weighted by atomic mass is 9.98. The number of likely N-dealkylation sites (N-methyl/N-ethyl adjacent to an activating group) is 1. The summed E-state index contributed by atoms with van der Waals surface area (Å²) < 4.78 is 11.3. The Balaban J connectivity index is 2.77. The summed E-state index contributed by atoms with van der Waals surface area (Å²) in [5, 5.41) is 0. The molecule has 0 aliphatic carbocycles. The predicted octanol–water partition coefficient (Wildman–Crippen LogP) is 4.36. The van der Waals surface area contributed by atoms with Gasteiger partial charge in [-0.3, -0.25) is 4.90 Å². The second kappa shape index (κ2) is 11.8. The maximum atomic E-state index is 12.5. The number of carbonyl (C=O) groups excluding carboxylic acids is 1. The highest BCUT2D eigenvalue weighted by molar-refractivity contribution is 5.90. The molecule has 148 valence electrons. The van der Waals surface area contributed by atoms with E-state index in [2.05, 4.69) is 39.5 Å². The smallest absolute Gasteiger partial charge is 0.338 e. The number of carbonyl (C=O) groups is 1. The van der Waals surface area contributed by atoms with Crippen molar-refractivity contribution >= 4 is 11.7 Å². The van der Waals surface area contributed by atoms with Gasteiger partial charge in [-0.05, 0) is 43.6 Å². The van der Waals surface area contributed by atoms with Crippen LogP contribution in [0, 0.1) is 5.92 Å². The van der Waals surface area contributed by atoms with Gasteiger partial charge in [-0.2, -0.15) is 0 Å². The average Bonchev–Trinajstić information content (AvgIpc) is 2.65. The van der Waals surface area contributed by atoms with Gasteiger partial charge >= 0.3 is 5.97 Å². The molecular weight excluding hydrogens is 328 g/mol. The van der Waals surface area contributed by atoms with Gasteiger partial charge in [-0.15, -0.1) is 0 Å². The zero-order chi connectivity index (χ0) is 19.5. The highest BCUT2D eigenvalue weighted by Gasteiger charge is 2.23. The third-order valence-electron chi connectivity index (χ3n) is 4.97. The number of nitrogens with zero attached hydrogens (tertiary/aromatic N) is 1. The van der Waals surface area contributed by atoms with Crippen LogP contribution in [0.3, 0.4) is 0 Å². The van der Waals surface area contributed by atoms with Crippen LogP contribution in [0.2, 0.25) is 0 Å². The molecule has 0 amide bonds. The van der Waals surface area contributed by atoms with E-state index in [0.717, 1.165) is 32.4 Å². The van der Waals surface area contributed by atoms with Crippen molar-refractivity contribution in [1.29, 1.82) is 0 Å². The zero-order valence-corrected chi connectivity index (χ0v) is 17.1. The van der Waals surface area contributed by atoms with Gasteiger partial charge in [-0.1, -0.05) is 47.5 Å². The quantitative estimate of drug-likeness (QED) is 0.339. The third kappa shape index (κ3) is 6.52. The Labute approximate surface area is 158 Å². The van der Waals surface area contributed by atoms with E-state index in [9.17, 15) is 4.79 Å². The average molecular weight is 365 g/mol. The normalized spacial score (nSPS) is 13.5. The van der Waals surface area contributed by atoms with Crippen molar-refractivity contribution in [3.8, 4) is 5.75 Å². The molecule has 1 aromatic rings. The minimum atomic E-state index is -0.328. The standard InChI is InChI=1S/C21H36N2O3/c1-6-10-13-25-20-14-17(11-12-18(20)22)21(24)26-15-19(16(5)7-2)23(8-3)9-4/h11-12,14,16,19H,6-10,13,15,22H2,1-5H3. The number of ether oxygens (including phenoxy) is 2. The van der Waals surface area contributed by atoms with Crippen molar-refractivity contribution in [3.63, 3.8) is 0 Å². The molecule has 0 aromatic heterocycles. The molecule has 2 N–H and O–H groups in total. The van der Waals surface area contributed by atoms with E-state index in [4.69, 9.17) is 15.2 Å². The molecule has 2 unspecified atom stereocenters. The van der Waals surface area contributed by atoms with Gasteiger partial charge in [0.05, 0.1) is 17.9 Å². The van der Waals surface area contributed by atoms with Crippen LogP contribution in [0.25, 0.3) is 0 Å². The van der Waals surface area contributed by atoms with Crippen molar-refractivity contribution in [2.75, 3.05) is 32.0 Å². The summed E-state index contributed by atoms with van der Waals surface area (Å²) in [5.74, 6) is 0.683. The fraction of sp³-hybridized carbons (Fsp3) is 0.667. The SMILES string of the molecule is CCCCOc1cc(C(=O)OCC(C(C)CC)N(CC)CC)ccc1N. The first-order valence-corrected chi connectivity index (χ1v) is 9.91. The van der Waals surface area contributed by atoms with Gasteiger partial charge in [0, 0.05) is 6.04 Å². The van der Waals surface area contributed by atoms with E-state index in [-0.39, 0.29) is 12.0 Å². The van der Waals surface area contributed by atoms with Crippen LogP contribution in [0.1, 0.15) is 64.2 Å². The first-order chi connectivity index (χ1) is 12.5. The van der Waals surface area contributed by atoms with Gasteiger partial charge in [0.15, 0.2) is 0 Å². The number of unbranched alkanes of at least 4 members (excludes halogenated alkanes) is 1. The molecule has 0 spiro atoms. The van der Waals surface area contributed by atoms with Crippen molar-refractivity contribution in [1.82, 2.24) is 4.90 Å². The van der Waals surface area contributed by atoms with E-state index in [1.54, 1.807) is 18.2 Å². The zero-order valence-electron chi connectivity index (χ0n) is 17.1. The third-order valence-corrected chi connectivity index (χ3v) is 4.97. The Morgan fingerprint density at radius 1 is 1.19 bits per heavy atom. The molecule has 0 fully saturated rings. The molecule has 1 rings (SSSR count). The van der Waals surface area contributed by atoms with Crippen molar-refractivity contribution in [2.45, 2.75) is 59.9 Å². The first-order valence-electron chi connectivity index (χ1n) is 9.91. The Kier molecular flexibility index (Phi) is 10.1. The summed E-state index contributed by atoms with van der Waals surface area (Å²) in [5.41, 5.74) is 6.96. The largest absolute Gasteiger partial charge is 0.491 e. The number of benzene rings is 1. The number of esters is 1. The summed E-state index contributed by atoms with van der Waals surface area (Å²) in [7, 11) is 0. The van der Waals surface area contributed by atoms with Crippen LogP contribution in [0.15, 0.2) is 18.2 Å². The number of rotatable bonds is 12. The van der Waals surface area contributed by atoms with Crippen molar-refractivity contribution in [3.05, 3.63) is 23.8 Å². The number of hydrogen-bond donors (Lipinski definition) is 1. The van der Waals surface area contributed by atoms with Gasteiger partial charge in [0.25, 0.3) is 0 Å². The van der Waals surface area contributed by atoms with Crippen LogP contribution < -0.4 is 10.5 Å². The van der Waals surface area contributed by atoms with Gasteiger partial charge in [0.2, 0.25) is 0 Å². The van der Waals surface area contributed by atoms with Gasteiger partial charge in [0.1, 0.15) is 12.4 Å². The fourth-order valence-corrected chi connectivity index (χ4v) is 2.95. The summed E-state index contributed by atoms with van der Waals surface area (Å²) in [6.07, 6.45) is 3.05. The van der Waals surface area contributed by atoms with Gasteiger partial charge < -0.3 is 15.2 Å². The van der Waals surface area contributed by atoms with E-state index >= 15 is 0 Å². The highest BCUT2D eigenvalue weighted by Crippen LogP contribution is 2.24. The topological polar surface area (TPSA) is 64.8 Å². The predicted molar refractivity (Wildman–Crippen MR) is 108 cm³/mol. The fourth-order valence-electron chi connectivity index (χ4n) is 2.95. The van der Waals surface area contributed by atoms with Gasteiger partial charge in [-0.25, -0.2) is 4.79 Å². The second-order valence-electron chi connectivity index (χ2n) is 6.73. The highest BCUT2D eigenvalue weighted by atomic mass is 16.5. The summed E-state index contributed by atoms with van der Waals surface area (Å²) in [6, 6.07) is 5.31. The molecule has 0 aliphatic rings. The Bertz CT molecular complexity index is 544. The van der Waals surface area contributed by atoms with E-state index in [1.165, 1.54) is 0 Å². The minimum Gasteiger partial charge on any atom is -0.491 e. The maximum absolute atomic E-state index is 12.5. The van der Waals surface area contributed by atoms with Crippen molar-refractivity contribution in [2.24, 2.45) is 5.92 Å². The molecule has 5 heteroatoms. The van der Waals surface area contributed by atoms with Crippen LogP contribution in [0.5, 0.6) is 5.75 Å². The lowest BCUT2D eigenvalue weighted by Crippen LogP contribution is -2.43. The number of anilines is 1. The Morgan fingerprint density at radius 2 is 1.88 bits per heavy atom. The lowest BCUT2D eigenvalue weighted by molar-refractivity contribution is 0.0272. The molecule has 0 radical (unpaired) electrons. The Hall–Kier alpha value is -1.75. The van der Waals surface area contributed by atoms with Crippen LogP contribution >= 0.6 is 0 Å². The molecule has 1 aromatic carbocycles. The summed E-state index contributed by atoms with van der Waals surface area (Å²) in [6.45, 7) is 13.6. The number of hydrogen-bond acceptors (Lipinski definition) is 5. The molecule has 0 bridgehead atoms. The molecule has 26 heavy (non-hydrogen) atoms. The monoisotopic (exact) mass is 364 g/mol.